The third-order valence-electron chi connectivity index (χ3n) is 7.64. The number of fused-ring (bicyclic) bond motifs is 2. The average molecular weight is 527 g/mol. The Kier molecular flexibility index (Phi) is 7.02. The van der Waals surface area contributed by atoms with E-state index in [0.29, 0.717) is 12.1 Å². The molecule has 0 saturated heterocycles. The minimum atomic E-state index is -0.925. The molecule has 198 valence electrons. The number of carboxylic acid groups (broad SMARTS) is 1. The highest BCUT2D eigenvalue weighted by Gasteiger charge is 2.20. The SMILES string of the molecule is O=C(O)c1ccc(-c2ccccc2CN2CCCc3cc(C(=O)NCc4ccc5ccccc5c4)ccc32)cc1. The molecule has 0 spiro atoms. The number of carbonyl (C=O) groups is 2. The summed E-state index contributed by atoms with van der Waals surface area (Å²) >= 11 is 0. The third kappa shape index (κ3) is 5.32. The Bertz CT molecular complexity index is 1710. The lowest BCUT2D eigenvalue weighted by atomic mass is 9.95. The molecule has 5 heteroatoms. The Labute approximate surface area is 233 Å². The number of amides is 1. The van der Waals surface area contributed by atoms with Crippen molar-refractivity contribution in [3.05, 3.63) is 137 Å². The molecule has 0 aromatic heterocycles. The lowest BCUT2D eigenvalue weighted by molar-refractivity contribution is 0.0696. The number of benzene rings is 5. The topological polar surface area (TPSA) is 69.6 Å². The van der Waals surface area contributed by atoms with Crippen molar-refractivity contribution in [2.45, 2.75) is 25.9 Å². The van der Waals surface area contributed by atoms with E-state index in [1.165, 1.54) is 21.9 Å². The zero-order valence-electron chi connectivity index (χ0n) is 22.1. The monoisotopic (exact) mass is 526 g/mol. The lowest BCUT2D eigenvalue weighted by Gasteiger charge is -2.32. The van der Waals surface area contributed by atoms with E-state index in [-0.39, 0.29) is 11.5 Å². The zero-order valence-corrected chi connectivity index (χ0v) is 22.1. The molecular formula is C35H30N2O3. The molecule has 0 fully saturated rings. The van der Waals surface area contributed by atoms with Gasteiger partial charge in [-0.25, -0.2) is 4.79 Å². The summed E-state index contributed by atoms with van der Waals surface area (Å²) in [5.74, 6) is -0.991. The van der Waals surface area contributed by atoms with Crippen LogP contribution in [-0.4, -0.2) is 23.5 Å². The second-order valence-corrected chi connectivity index (χ2v) is 10.3. The summed E-state index contributed by atoms with van der Waals surface area (Å²) in [5, 5.41) is 14.7. The number of hydrogen-bond donors (Lipinski definition) is 2. The van der Waals surface area contributed by atoms with Crippen LogP contribution in [0.25, 0.3) is 21.9 Å². The average Bonchev–Trinajstić information content (AvgIpc) is 3.00. The van der Waals surface area contributed by atoms with Crippen molar-refractivity contribution in [2.24, 2.45) is 0 Å². The number of nitrogens with one attached hydrogen (secondary N) is 1. The van der Waals surface area contributed by atoms with Crippen LogP contribution in [0.2, 0.25) is 0 Å². The molecule has 5 aromatic rings. The molecule has 40 heavy (non-hydrogen) atoms. The van der Waals surface area contributed by atoms with Gasteiger partial charge in [-0.05, 0) is 87.8 Å². The molecule has 0 bridgehead atoms. The van der Waals surface area contributed by atoms with Crippen LogP contribution in [0.4, 0.5) is 5.69 Å². The summed E-state index contributed by atoms with van der Waals surface area (Å²) in [7, 11) is 0. The molecule has 1 heterocycles. The minimum Gasteiger partial charge on any atom is -0.478 e. The third-order valence-corrected chi connectivity index (χ3v) is 7.64. The quantitative estimate of drug-likeness (QED) is 0.238. The highest BCUT2D eigenvalue weighted by molar-refractivity contribution is 5.95. The standard InChI is InChI=1S/C35H30N2O3/c38-34(36-22-24-11-12-25-6-1-2-7-28(25)20-24)30-17-18-33-29(21-30)9-5-19-37(33)23-31-8-3-4-10-32(31)26-13-15-27(16-14-26)35(39)40/h1-4,6-8,10-18,20-21H,5,9,19,22-23H2,(H,36,38)(H,39,40). The molecule has 0 unspecified atom stereocenters. The molecule has 0 atom stereocenters. The van der Waals surface area contributed by atoms with Gasteiger partial charge in [0.2, 0.25) is 0 Å². The number of nitrogens with zero attached hydrogens (tertiary/aromatic N) is 1. The Balaban J connectivity index is 1.17. The summed E-state index contributed by atoms with van der Waals surface area (Å²) in [6.45, 7) is 2.15. The normalized spacial score (nSPS) is 12.7. The fourth-order valence-corrected chi connectivity index (χ4v) is 5.55. The molecule has 1 amide bonds. The van der Waals surface area contributed by atoms with Crippen molar-refractivity contribution in [1.82, 2.24) is 5.32 Å². The molecule has 5 nitrogen and oxygen atoms in total. The zero-order chi connectivity index (χ0) is 27.5. The first-order valence-electron chi connectivity index (χ1n) is 13.6. The van der Waals surface area contributed by atoms with Gasteiger partial charge < -0.3 is 15.3 Å². The van der Waals surface area contributed by atoms with Crippen LogP contribution >= 0.6 is 0 Å². The summed E-state index contributed by atoms with van der Waals surface area (Å²) in [4.78, 5) is 26.7. The maximum absolute atomic E-state index is 13.0. The van der Waals surface area contributed by atoms with E-state index < -0.39 is 5.97 Å². The summed E-state index contributed by atoms with van der Waals surface area (Å²) in [5.41, 5.74) is 7.65. The molecule has 0 saturated carbocycles. The Morgan fingerprint density at radius 2 is 1.52 bits per heavy atom. The summed E-state index contributed by atoms with van der Waals surface area (Å²) < 4.78 is 0. The van der Waals surface area contributed by atoms with Crippen molar-refractivity contribution in [2.75, 3.05) is 11.4 Å². The number of carboxylic acids is 1. The largest absolute Gasteiger partial charge is 0.478 e. The molecule has 6 rings (SSSR count). The highest BCUT2D eigenvalue weighted by Crippen LogP contribution is 2.32. The molecule has 0 radical (unpaired) electrons. The van der Waals surface area contributed by atoms with Gasteiger partial charge in [-0.2, -0.15) is 0 Å². The number of aryl methyl sites for hydroxylation is 1. The van der Waals surface area contributed by atoms with Crippen LogP contribution in [-0.2, 0) is 19.5 Å². The summed E-state index contributed by atoms with van der Waals surface area (Å²) in [6.07, 6.45) is 1.96. The smallest absolute Gasteiger partial charge is 0.335 e. The number of aromatic carboxylic acids is 1. The van der Waals surface area contributed by atoms with Crippen LogP contribution in [0.1, 0.15) is 43.8 Å². The van der Waals surface area contributed by atoms with Crippen LogP contribution < -0.4 is 10.2 Å². The summed E-state index contributed by atoms with van der Waals surface area (Å²) in [6, 6.07) is 35.8. The van der Waals surface area contributed by atoms with Gasteiger partial charge in [0.25, 0.3) is 5.91 Å². The van der Waals surface area contributed by atoms with Gasteiger partial charge >= 0.3 is 5.97 Å². The number of anilines is 1. The van der Waals surface area contributed by atoms with Gasteiger partial charge in [-0.15, -0.1) is 0 Å². The second-order valence-electron chi connectivity index (χ2n) is 10.3. The predicted molar refractivity (Wildman–Crippen MR) is 160 cm³/mol. The maximum atomic E-state index is 13.0. The molecule has 1 aliphatic rings. The van der Waals surface area contributed by atoms with E-state index in [1.54, 1.807) is 12.1 Å². The van der Waals surface area contributed by atoms with Crippen molar-refractivity contribution >= 4 is 28.3 Å². The van der Waals surface area contributed by atoms with Crippen molar-refractivity contribution in [1.29, 1.82) is 0 Å². The second kappa shape index (κ2) is 11.1. The van der Waals surface area contributed by atoms with Crippen LogP contribution in [0, 0.1) is 0 Å². The van der Waals surface area contributed by atoms with Crippen LogP contribution in [0.15, 0.2) is 109 Å². The van der Waals surface area contributed by atoms with E-state index >= 15 is 0 Å². The number of rotatable bonds is 7. The van der Waals surface area contributed by atoms with Gasteiger partial charge in [0.1, 0.15) is 0 Å². The molecule has 2 N–H and O–H groups in total. The maximum Gasteiger partial charge on any atom is 0.335 e. The van der Waals surface area contributed by atoms with Gasteiger partial charge in [-0.3, -0.25) is 4.79 Å². The van der Waals surface area contributed by atoms with Crippen molar-refractivity contribution in [3.8, 4) is 11.1 Å². The van der Waals surface area contributed by atoms with E-state index in [1.807, 2.05) is 48.5 Å². The number of hydrogen-bond acceptors (Lipinski definition) is 3. The molecule has 0 aliphatic carbocycles. The minimum absolute atomic E-state index is 0.0664. The van der Waals surface area contributed by atoms with Crippen LogP contribution in [0.5, 0.6) is 0 Å². The van der Waals surface area contributed by atoms with Crippen molar-refractivity contribution in [3.63, 3.8) is 0 Å². The fourth-order valence-electron chi connectivity index (χ4n) is 5.55. The fraction of sp³-hybridized carbons (Fsp3) is 0.143. The van der Waals surface area contributed by atoms with Gasteiger partial charge in [0.15, 0.2) is 0 Å². The highest BCUT2D eigenvalue weighted by atomic mass is 16.4. The Hall–Kier alpha value is -4.90. The Morgan fingerprint density at radius 1 is 0.775 bits per heavy atom. The van der Waals surface area contributed by atoms with E-state index in [2.05, 4.69) is 58.7 Å². The molecular weight excluding hydrogens is 496 g/mol. The first-order chi connectivity index (χ1) is 19.5. The first-order valence-corrected chi connectivity index (χ1v) is 13.6. The Morgan fingerprint density at radius 3 is 2.35 bits per heavy atom. The number of carbonyl (C=O) groups excluding carboxylic acids is 1. The molecule has 5 aromatic carbocycles. The first kappa shape index (κ1) is 25.4. The van der Waals surface area contributed by atoms with Gasteiger partial charge in [0, 0.05) is 30.9 Å². The predicted octanol–water partition coefficient (Wildman–Crippen LogP) is 7.09. The molecule has 1 aliphatic heterocycles. The van der Waals surface area contributed by atoms with E-state index in [9.17, 15) is 14.7 Å². The lowest BCUT2D eigenvalue weighted by Crippen LogP contribution is -2.29. The van der Waals surface area contributed by atoms with Crippen LogP contribution in [0.3, 0.4) is 0 Å². The van der Waals surface area contributed by atoms with Gasteiger partial charge in [0.05, 0.1) is 5.56 Å². The van der Waals surface area contributed by atoms with Gasteiger partial charge in [-0.1, -0.05) is 72.8 Å². The van der Waals surface area contributed by atoms with E-state index in [0.717, 1.165) is 48.3 Å². The van der Waals surface area contributed by atoms with Crippen molar-refractivity contribution < 1.29 is 14.7 Å². The van der Waals surface area contributed by atoms with E-state index in [4.69, 9.17) is 0 Å².